The smallest absolute Gasteiger partial charge is 0.0465 e. The van der Waals surface area contributed by atoms with Crippen LogP contribution in [-0.4, -0.2) is 9.97 Å². The average Bonchev–Trinajstić information content (AvgIpc) is 3.26. The molecule has 2 N–H and O–H groups in total. The third-order valence-corrected chi connectivity index (χ3v) is 5.92. The van der Waals surface area contributed by atoms with E-state index in [0.29, 0.717) is 0 Å². The van der Waals surface area contributed by atoms with E-state index in [1.54, 1.807) is 0 Å². The highest BCUT2D eigenvalue weighted by Crippen LogP contribution is 2.30. The molecule has 136 valence electrons. The molecule has 4 aromatic carbocycles. The first-order valence-corrected chi connectivity index (χ1v) is 10.6. The minimum Gasteiger partial charge on any atom is -0.355 e. The second-order valence-electron chi connectivity index (χ2n) is 6.72. The van der Waals surface area contributed by atoms with Gasteiger partial charge < -0.3 is 9.97 Å². The predicted octanol–water partition coefficient (Wildman–Crippen LogP) is 8.17. The summed E-state index contributed by atoms with van der Waals surface area (Å²) in [7, 11) is 0. The number of aromatic nitrogens is 2. The van der Waals surface area contributed by atoms with Gasteiger partial charge in [0, 0.05) is 52.6 Å². The lowest BCUT2D eigenvalue weighted by atomic mass is 10.2. The van der Waals surface area contributed by atoms with Gasteiger partial charge in [0.2, 0.25) is 0 Å². The molecule has 4 heteroatoms. The molecule has 0 fully saturated rings. The molecule has 0 bridgehead atoms. The van der Waals surface area contributed by atoms with Gasteiger partial charge in [0.1, 0.15) is 0 Å². The maximum absolute atomic E-state index is 3.50. The Kier molecular flexibility index (Phi) is 4.46. The molecule has 28 heavy (non-hydrogen) atoms. The van der Waals surface area contributed by atoms with Crippen LogP contribution in [0, 0.1) is 0 Å². The summed E-state index contributed by atoms with van der Waals surface area (Å²) in [4.78, 5) is 6.77. The van der Waals surface area contributed by atoms with E-state index in [4.69, 9.17) is 0 Å². The van der Waals surface area contributed by atoms with E-state index in [2.05, 4.69) is 115 Å². The Balaban J connectivity index is 0.000000123. The molecule has 0 saturated carbocycles. The van der Waals surface area contributed by atoms with Crippen LogP contribution in [0.1, 0.15) is 0 Å². The highest BCUT2D eigenvalue weighted by Gasteiger charge is 2.04. The van der Waals surface area contributed by atoms with E-state index >= 15 is 0 Å². The molecule has 0 saturated heterocycles. The number of aromatic amines is 2. The van der Waals surface area contributed by atoms with E-state index in [9.17, 15) is 0 Å². The lowest BCUT2D eigenvalue weighted by molar-refractivity contribution is 1.54. The van der Waals surface area contributed by atoms with Crippen LogP contribution in [0.3, 0.4) is 0 Å². The number of H-pyrrole nitrogens is 2. The summed E-state index contributed by atoms with van der Waals surface area (Å²) in [5.74, 6) is 0. The van der Waals surface area contributed by atoms with Crippen molar-refractivity contribution in [1.29, 1.82) is 0 Å². The van der Waals surface area contributed by atoms with Crippen LogP contribution in [0.25, 0.3) is 43.6 Å². The van der Waals surface area contributed by atoms with Crippen LogP contribution >= 0.6 is 31.9 Å². The summed E-state index contributed by atoms with van der Waals surface area (Å²) in [6.07, 6.45) is 0. The molecule has 0 aliphatic heterocycles. The molecule has 6 aromatic rings. The van der Waals surface area contributed by atoms with E-state index in [-0.39, 0.29) is 0 Å². The normalized spacial score (nSPS) is 11.2. The number of halogens is 2. The summed E-state index contributed by atoms with van der Waals surface area (Å²) in [6, 6.07) is 29.3. The van der Waals surface area contributed by atoms with E-state index in [1.165, 1.54) is 43.6 Å². The average molecular weight is 492 g/mol. The maximum Gasteiger partial charge on any atom is 0.0465 e. The number of fused-ring (bicyclic) bond motifs is 6. The number of nitrogens with one attached hydrogen (secondary N) is 2. The zero-order valence-corrected chi connectivity index (χ0v) is 18.0. The van der Waals surface area contributed by atoms with Crippen molar-refractivity contribution >= 4 is 75.5 Å². The van der Waals surface area contributed by atoms with Crippen LogP contribution in [-0.2, 0) is 0 Å². The fourth-order valence-electron chi connectivity index (χ4n) is 3.64. The van der Waals surface area contributed by atoms with Gasteiger partial charge in [0.25, 0.3) is 0 Å². The van der Waals surface area contributed by atoms with Crippen molar-refractivity contribution in [3.8, 4) is 0 Å². The molecule has 2 nitrogen and oxygen atoms in total. The Hall–Kier alpha value is -2.56. The van der Waals surface area contributed by atoms with Gasteiger partial charge in [0.15, 0.2) is 0 Å². The first-order valence-electron chi connectivity index (χ1n) is 9.01. The Labute approximate surface area is 178 Å². The highest BCUT2D eigenvalue weighted by molar-refractivity contribution is 9.10. The summed E-state index contributed by atoms with van der Waals surface area (Å²) >= 11 is 6.99. The zero-order chi connectivity index (χ0) is 19.1. The van der Waals surface area contributed by atoms with Crippen LogP contribution in [0.2, 0.25) is 0 Å². The molecule has 0 aliphatic carbocycles. The maximum atomic E-state index is 3.50. The number of rotatable bonds is 0. The van der Waals surface area contributed by atoms with Crippen molar-refractivity contribution in [3.05, 3.63) is 93.9 Å². The van der Waals surface area contributed by atoms with Gasteiger partial charge >= 0.3 is 0 Å². The minimum atomic E-state index is 1.11. The predicted molar refractivity (Wildman–Crippen MR) is 127 cm³/mol. The second kappa shape index (κ2) is 7.12. The molecule has 0 spiro atoms. The summed E-state index contributed by atoms with van der Waals surface area (Å²) in [5.41, 5.74) is 4.77. The first-order chi connectivity index (χ1) is 13.7. The number of hydrogen-bond acceptors (Lipinski definition) is 0. The number of hydrogen-bond donors (Lipinski definition) is 2. The van der Waals surface area contributed by atoms with Gasteiger partial charge in [-0.25, -0.2) is 0 Å². The van der Waals surface area contributed by atoms with E-state index in [1.807, 2.05) is 12.1 Å². The third-order valence-electron chi connectivity index (χ3n) is 4.94. The Morgan fingerprint density at radius 1 is 0.429 bits per heavy atom. The second-order valence-corrected chi connectivity index (χ2v) is 8.55. The molecule has 0 amide bonds. The van der Waals surface area contributed by atoms with E-state index < -0.39 is 0 Å². The fourth-order valence-corrected chi connectivity index (χ4v) is 4.36. The van der Waals surface area contributed by atoms with E-state index in [0.717, 1.165) is 8.95 Å². The van der Waals surface area contributed by atoms with Crippen molar-refractivity contribution in [1.82, 2.24) is 9.97 Å². The molecule has 0 aliphatic rings. The Bertz CT molecular complexity index is 1340. The number of para-hydroxylation sites is 2. The van der Waals surface area contributed by atoms with Gasteiger partial charge in [-0.15, -0.1) is 0 Å². The van der Waals surface area contributed by atoms with Crippen LogP contribution in [0.5, 0.6) is 0 Å². The van der Waals surface area contributed by atoms with Crippen LogP contribution < -0.4 is 0 Å². The molecule has 0 unspecified atom stereocenters. The quantitative estimate of drug-likeness (QED) is 0.215. The molecule has 2 aromatic heterocycles. The van der Waals surface area contributed by atoms with Gasteiger partial charge in [-0.3, -0.25) is 0 Å². The Morgan fingerprint density at radius 3 is 1.29 bits per heavy atom. The van der Waals surface area contributed by atoms with Crippen molar-refractivity contribution in [2.45, 2.75) is 0 Å². The topological polar surface area (TPSA) is 31.6 Å². The monoisotopic (exact) mass is 490 g/mol. The number of benzene rings is 4. The summed E-state index contributed by atoms with van der Waals surface area (Å²) in [5, 5.41) is 5.11. The molecular formula is C24H16Br2N2. The highest BCUT2D eigenvalue weighted by atomic mass is 79.9. The summed E-state index contributed by atoms with van der Waals surface area (Å²) < 4.78 is 2.21. The van der Waals surface area contributed by atoms with Crippen molar-refractivity contribution in [3.63, 3.8) is 0 Å². The van der Waals surface area contributed by atoms with Crippen LogP contribution in [0.15, 0.2) is 93.9 Å². The molecule has 2 heterocycles. The standard InChI is InChI=1S/C12H7Br2N.C12H9N/c13-7-1-3-11-9(5-7)10-6-8(14)2-4-12(10)15-11;1-3-7-11-9(5-1)10-6-2-4-8-12(10)13-11/h1-6,15H;1-8,13H. The molecule has 6 rings (SSSR count). The zero-order valence-electron chi connectivity index (χ0n) is 14.8. The lowest BCUT2D eigenvalue weighted by Gasteiger charge is -1.93. The largest absolute Gasteiger partial charge is 0.355 e. The SMILES string of the molecule is Brc1ccc2[nH]c3ccc(Br)cc3c2c1.c1ccc2c(c1)[nH]c1ccccc12. The third kappa shape index (κ3) is 3.13. The van der Waals surface area contributed by atoms with Gasteiger partial charge in [-0.05, 0) is 48.5 Å². The van der Waals surface area contributed by atoms with Gasteiger partial charge in [0.05, 0.1) is 0 Å². The molecule has 0 atom stereocenters. The fraction of sp³-hybridized carbons (Fsp3) is 0. The lowest BCUT2D eigenvalue weighted by Crippen LogP contribution is -1.67. The van der Waals surface area contributed by atoms with Crippen LogP contribution in [0.4, 0.5) is 0 Å². The summed E-state index contributed by atoms with van der Waals surface area (Å²) in [6.45, 7) is 0. The van der Waals surface area contributed by atoms with Crippen molar-refractivity contribution in [2.24, 2.45) is 0 Å². The van der Waals surface area contributed by atoms with Crippen molar-refractivity contribution in [2.75, 3.05) is 0 Å². The minimum absolute atomic E-state index is 1.11. The molecular weight excluding hydrogens is 476 g/mol. The van der Waals surface area contributed by atoms with Gasteiger partial charge in [-0.2, -0.15) is 0 Å². The van der Waals surface area contributed by atoms with Crippen molar-refractivity contribution < 1.29 is 0 Å². The first kappa shape index (κ1) is 17.5. The van der Waals surface area contributed by atoms with Gasteiger partial charge in [-0.1, -0.05) is 68.3 Å². The molecule has 0 radical (unpaired) electrons. The Morgan fingerprint density at radius 2 is 0.821 bits per heavy atom.